The van der Waals surface area contributed by atoms with Gasteiger partial charge < -0.3 is 14.4 Å². The Morgan fingerprint density at radius 2 is 1.83 bits per heavy atom. The molecule has 0 spiro atoms. The van der Waals surface area contributed by atoms with Crippen LogP contribution in [-0.2, 0) is 0 Å². The molecule has 0 fully saturated rings. The van der Waals surface area contributed by atoms with Crippen molar-refractivity contribution in [3.8, 4) is 11.5 Å². The Balaban J connectivity index is 2.16. The number of ether oxygens (including phenoxy) is 2. The number of anilines is 1. The number of hydrogen-bond acceptors (Lipinski definition) is 3. The van der Waals surface area contributed by atoms with E-state index in [2.05, 4.69) is 6.92 Å². The molecule has 1 amide bonds. The van der Waals surface area contributed by atoms with Crippen molar-refractivity contribution in [2.45, 2.75) is 26.4 Å². The summed E-state index contributed by atoms with van der Waals surface area (Å²) in [5.41, 5.74) is 1.41. The van der Waals surface area contributed by atoms with E-state index in [0.717, 1.165) is 17.9 Å². The quantitative estimate of drug-likeness (QED) is 0.804. The van der Waals surface area contributed by atoms with Crippen molar-refractivity contribution in [1.82, 2.24) is 0 Å². The highest BCUT2D eigenvalue weighted by atomic mass is 16.5. The molecule has 1 unspecified atom stereocenters. The number of hydrogen-bond donors (Lipinski definition) is 0. The van der Waals surface area contributed by atoms with Crippen LogP contribution in [0.25, 0.3) is 0 Å². The number of amides is 1. The molecule has 4 heteroatoms. The first-order valence-corrected chi connectivity index (χ1v) is 7.74. The first kappa shape index (κ1) is 16.9. The Labute approximate surface area is 137 Å². The lowest BCUT2D eigenvalue weighted by Crippen LogP contribution is -2.26. The molecule has 0 aromatic heterocycles. The molecule has 2 aromatic rings. The largest absolute Gasteiger partial charge is 0.497 e. The van der Waals surface area contributed by atoms with Gasteiger partial charge in [-0.2, -0.15) is 0 Å². The van der Waals surface area contributed by atoms with Gasteiger partial charge in [0.25, 0.3) is 5.91 Å². The number of carbonyl (C=O) groups is 1. The maximum absolute atomic E-state index is 12.6. The molecule has 0 heterocycles. The van der Waals surface area contributed by atoms with Crippen molar-refractivity contribution in [2.24, 2.45) is 0 Å². The van der Waals surface area contributed by atoms with Gasteiger partial charge in [0, 0.05) is 18.3 Å². The zero-order chi connectivity index (χ0) is 16.8. The van der Waals surface area contributed by atoms with Crippen molar-refractivity contribution < 1.29 is 14.3 Å². The summed E-state index contributed by atoms with van der Waals surface area (Å²) < 4.78 is 10.9. The van der Waals surface area contributed by atoms with Gasteiger partial charge in [-0.1, -0.05) is 13.0 Å². The molecule has 0 radical (unpaired) electrons. The maximum Gasteiger partial charge on any atom is 0.258 e. The Hall–Kier alpha value is -2.49. The zero-order valence-corrected chi connectivity index (χ0v) is 14.1. The van der Waals surface area contributed by atoms with E-state index in [9.17, 15) is 4.79 Å². The molecular weight excluding hydrogens is 290 g/mol. The SMILES string of the molecule is CCC(C)Oc1cccc(C(=O)N(C)c2ccc(OC)cc2)c1. The summed E-state index contributed by atoms with van der Waals surface area (Å²) in [6, 6.07) is 14.7. The topological polar surface area (TPSA) is 38.8 Å². The Morgan fingerprint density at radius 1 is 1.13 bits per heavy atom. The summed E-state index contributed by atoms with van der Waals surface area (Å²) in [5, 5.41) is 0. The van der Waals surface area contributed by atoms with E-state index in [1.165, 1.54) is 0 Å². The van der Waals surface area contributed by atoms with E-state index >= 15 is 0 Å². The van der Waals surface area contributed by atoms with Crippen LogP contribution in [0.5, 0.6) is 11.5 Å². The third-order valence-corrected chi connectivity index (χ3v) is 3.76. The van der Waals surface area contributed by atoms with Gasteiger partial charge in [-0.25, -0.2) is 0 Å². The summed E-state index contributed by atoms with van der Waals surface area (Å²) in [7, 11) is 3.37. The Morgan fingerprint density at radius 3 is 2.43 bits per heavy atom. The first-order chi connectivity index (χ1) is 11.0. The highest BCUT2D eigenvalue weighted by Crippen LogP contribution is 2.22. The minimum absolute atomic E-state index is 0.0789. The molecule has 0 N–H and O–H groups in total. The predicted molar refractivity (Wildman–Crippen MR) is 92.6 cm³/mol. The molecule has 4 nitrogen and oxygen atoms in total. The van der Waals surface area contributed by atoms with Gasteiger partial charge in [-0.05, 0) is 55.8 Å². The standard InChI is InChI=1S/C19H23NO3/c1-5-14(2)23-18-8-6-7-15(13-18)19(21)20(3)16-9-11-17(22-4)12-10-16/h6-14H,5H2,1-4H3. The summed E-state index contributed by atoms with van der Waals surface area (Å²) >= 11 is 0. The van der Waals surface area contributed by atoms with Crippen LogP contribution >= 0.6 is 0 Å². The molecule has 122 valence electrons. The van der Waals surface area contributed by atoms with Crippen LogP contribution in [0.1, 0.15) is 30.6 Å². The van der Waals surface area contributed by atoms with Gasteiger partial charge >= 0.3 is 0 Å². The van der Waals surface area contributed by atoms with Crippen LogP contribution in [0.3, 0.4) is 0 Å². The van der Waals surface area contributed by atoms with Crippen LogP contribution in [0.15, 0.2) is 48.5 Å². The fraction of sp³-hybridized carbons (Fsp3) is 0.316. The molecule has 23 heavy (non-hydrogen) atoms. The second-order valence-electron chi connectivity index (χ2n) is 5.43. The summed E-state index contributed by atoms with van der Waals surface area (Å²) in [6.45, 7) is 4.08. The van der Waals surface area contributed by atoms with E-state index in [1.54, 1.807) is 31.2 Å². The second kappa shape index (κ2) is 7.68. The molecule has 0 saturated heterocycles. The van der Waals surface area contributed by atoms with Gasteiger partial charge in [0.05, 0.1) is 13.2 Å². The molecule has 0 bridgehead atoms. The van der Waals surface area contributed by atoms with Gasteiger partial charge in [0.15, 0.2) is 0 Å². The molecule has 0 aliphatic carbocycles. The average Bonchev–Trinajstić information content (AvgIpc) is 2.60. The fourth-order valence-electron chi connectivity index (χ4n) is 2.13. The lowest BCUT2D eigenvalue weighted by Gasteiger charge is -2.19. The predicted octanol–water partition coefficient (Wildman–Crippen LogP) is 4.15. The third kappa shape index (κ3) is 4.25. The van der Waals surface area contributed by atoms with Gasteiger partial charge in [-0.15, -0.1) is 0 Å². The first-order valence-electron chi connectivity index (χ1n) is 7.74. The minimum Gasteiger partial charge on any atom is -0.497 e. The van der Waals surface area contributed by atoms with E-state index in [1.807, 2.05) is 43.3 Å². The summed E-state index contributed by atoms with van der Waals surface area (Å²) in [6.07, 6.45) is 1.05. The van der Waals surface area contributed by atoms with Gasteiger partial charge in [0.1, 0.15) is 11.5 Å². The van der Waals surface area contributed by atoms with Crippen molar-refractivity contribution >= 4 is 11.6 Å². The molecule has 0 aliphatic heterocycles. The molecule has 2 rings (SSSR count). The van der Waals surface area contributed by atoms with E-state index in [-0.39, 0.29) is 12.0 Å². The van der Waals surface area contributed by atoms with E-state index < -0.39 is 0 Å². The molecule has 0 saturated carbocycles. The lowest BCUT2D eigenvalue weighted by atomic mass is 10.1. The minimum atomic E-state index is -0.0789. The smallest absolute Gasteiger partial charge is 0.258 e. The highest BCUT2D eigenvalue weighted by Gasteiger charge is 2.14. The number of methoxy groups -OCH3 is 1. The lowest BCUT2D eigenvalue weighted by molar-refractivity contribution is 0.0992. The molecule has 0 aliphatic rings. The number of nitrogens with zero attached hydrogens (tertiary/aromatic N) is 1. The zero-order valence-electron chi connectivity index (χ0n) is 14.1. The van der Waals surface area contributed by atoms with Crippen molar-refractivity contribution in [1.29, 1.82) is 0 Å². The van der Waals surface area contributed by atoms with Crippen molar-refractivity contribution in [3.63, 3.8) is 0 Å². The van der Waals surface area contributed by atoms with Gasteiger partial charge in [-0.3, -0.25) is 4.79 Å². The Kier molecular flexibility index (Phi) is 5.63. The molecular formula is C19H23NO3. The third-order valence-electron chi connectivity index (χ3n) is 3.76. The number of rotatable bonds is 6. The van der Waals surface area contributed by atoms with Crippen LogP contribution in [-0.4, -0.2) is 26.2 Å². The van der Waals surface area contributed by atoms with Crippen molar-refractivity contribution in [2.75, 3.05) is 19.1 Å². The second-order valence-corrected chi connectivity index (χ2v) is 5.43. The number of carbonyl (C=O) groups excluding carboxylic acids is 1. The van der Waals surface area contributed by atoms with E-state index in [4.69, 9.17) is 9.47 Å². The highest BCUT2D eigenvalue weighted by molar-refractivity contribution is 6.05. The van der Waals surface area contributed by atoms with Crippen molar-refractivity contribution in [3.05, 3.63) is 54.1 Å². The fourth-order valence-corrected chi connectivity index (χ4v) is 2.13. The monoisotopic (exact) mass is 313 g/mol. The molecule has 2 aromatic carbocycles. The summed E-state index contributed by atoms with van der Waals surface area (Å²) in [5.74, 6) is 1.40. The normalized spacial score (nSPS) is 11.7. The average molecular weight is 313 g/mol. The maximum atomic E-state index is 12.6. The van der Waals surface area contributed by atoms with Crippen LogP contribution in [0.4, 0.5) is 5.69 Å². The Bertz CT molecular complexity index is 652. The molecule has 1 atom stereocenters. The number of benzene rings is 2. The van der Waals surface area contributed by atoms with E-state index in [0.29, 0.717) is 11.3 Å². The summed E-state index contributed by atoms with van der Waals surface area (Å²) in [4.78, 5) is 14.3. The van der Waals surface area contributed by atoms with Gasteiger partial charge in [0.2, 0.25) is 0 Å². The van der Waals surface area contributed by atoms with Crippen LogP contribution in [0.2, 0.25) is 0 Å². The van der Waals surface area contributed by atoms with Crippen LogP contribution in [0, 0.1) is 0 Å². The van der Waals surface area contributed by atoms with Crippen LogP contribution < -0.4 is 14.4 Å².